The minimum absolute atomic E-state index is 0.170. The summed E-state index contributed by atoms with van der Waals surface area (Å²) < 4.78 is 11.1. The van der Waals surface area contributed by atoms with E-state index in [1.165, 1.54) is 11.8 Å². The van der Waals surface area contributed by atoms with E-state index in [0.717, 1.165) is 5.56 Å². The maximum Gasteiger partial charge on any atom is 0.263 e. The van der Waals surface area contributed by atoms with Crippen molar-refractivity contribution in [2.75, 3.05) is 6.79 Å². The van der Waals surface area contributed by atoms with Gasteiger partial charge in [0.15, 0.2) is 11.5 Å². The predicted octanol–water partition coefficient (Wildman–Crippen LogP) is 1.90. The molecule has 3 rings (SSSR count). The lowest BCUT2D eigenvalue weighted by Crippen LogP contribution is -2.17. The Hall–Kier alpha value is -1.53. The third-order valence-electron chi connectivity index (χ3n) is 2.36. The zero-order chi connectivity index (χ0) is 11.8. The maximum absolute atomic E-state index is 11.5. The molecule has 0 radical (unpaired) electrons. The largest absolute Gasteiger partial charge is 0.454 e. The van der Waals surface area contributed by atoms with Gasteiger partial charge in [-0.2, -0.15) is 0 Å². The van der Waals surface area contributed by atoms with E-state index in [9.17, 15) is 4.79 Å². The first kappa shape index (κ1) is 10.6. The van der Waals surface area contributed by atoms with E-state index in [2.05, 4.69) is 5.32 Å². The van der Waals surface area contributed by atoms with Crippen LogP contribution in [-0.2, 0) is 4.79 Å². The number of carbonyl (C=O) groups is 1. The molecule has 4 nitrogen and oxygen atoms in total. The number of benzene rings is 1. The lowest BCUT2D eigenvalue weighted by Gasteiger charge is -2.00. The molecule has 86 valence electrons. The molecule has 6 heteroatoms. The highest BCUT2D eigenvalue weighted by atomic mass is 32.2. The van der Waals surface area contributed by atoms with Gasteiger partial charge in [0.1, 0.15) is 4.32 Å². The van der Waals surface area contributed by atoms with E-state index in [1.54, 1.807) is 6.08 Å². The van der Waals surface area contributed by atoms with Crippen LogP contribution in [0.4, 0.5) is 0 Å². The van der Waals surface area contributed by atoms with E-state index in [4.69, 9.17) is 21.7 Å². The first-order valence-corrected chi connectivity index (χ1v) is 6.10. The average Bonchev–Trinajstić information content (AvgIpc) is 2.87. The lowest BCUT2D eigenvalue weighted by atomic mass is 10.1. The fraction of sp³-hybridized carbons (Fsp3) is 0.0909. The normalized spacial score (nSPS) is 19.9. The minimum Gasteiger partial charge on any atom is -0.454 e. The molecule has 0 spiro atoms. The maximum atomic E-state index is 11.5. The second kappa shape index (κ2) is 4.05. The third kappa shape index (κ3) is 1.89. The number of nitrogens with one attached hydrogen (secondary N) is 1. The molecule has 2 heterocycles. The summed E-state index contributed by atoms with van der Waals surface area (Å²) in [6, 6.07) is 5.56. The topological polar surface area (TPSA) is 47.6 Å². The molecule has 1 N–H and O–H groups in total. The lowest BCUT2D eigenvalue weighted by molar-refractivity contribution is -0.115. The molecule has 0 bridgehead atoms. The first-order valence-electron chi connectivity index (χ1n) is 4.87. The molecule has 17 heavy (non-hydrogen) atoms. The number of fused-ring (bicyclic) bond motifs is 1. The summed E-state index contributed by atoms with van der Waals surface area (Å²) in [5.41, 5.74) is 0.822. The molecule has 0 aliphatic carbocycles. The van der Waals surface area contributed by atoms with Crippen molar-refractivity contribution < 1.29 is 14.3 Å². The van der Waals surface area contributed by atoms with Crippen molar-refractivity contribution in [2.45, 2.75) is 0 Å². The highest BCUT2D eigenvalue weighted by molar-refractivity contribution is 8.26. The smallest absolute Gasteiger partial charge is 0.263 e. The van der Waals surface area contributed by atoms with Gasteiger partial charge in [-0.05, 0) is 12.1 Å². The van der Waals surface area contributed by atoms with Gasteiger partial charge in [-0.1, -0.05) is 36.1 Å². The molecule has 0 saturated carbocycles. The molecule has 0 atom stereocenters. The fourth-order valence-corrected chi connectivity index (χ4v) is 2.66. The molecule has 2 aliphatic heterocycles. The molecule has 0 unspecified atom stereocenters. The van der Waals surface area contributed by atoms with Gasteiger partial charge in [0.05, 0.1) is 4.91 Å². The van der Waals surface area contributed by atoms with Crippen LogP contribution < -0.4 is 14.8 Å². The second-order valence-electron chi connectivity index (χ2n) is 3.43. The zero-order valence-electron chi connectivity index (χ0n) is 8.56. The number of amides is 1. The van der Waals surface area contributed by atoms with Crippen LogP contribution in [-0.4, -0.2) is 17.0 Å². The van der Waals surface area contributed by atoms with Crippen molar-refractivity contribution in [2.24, 2.45) is 0 Å². The monoisotopic (exact) mass is 265 g/mol. The number of thioether (sulfide) groups is 1. The van der Waals surface area contributed by atoms with Gasteiger partial charge in [0, 0.05) is 5.56 Å². The number of para-hydroxylation sites is 1. The van der Waals surface area contributed by atoms with Crippen LogP contribution in [0.15, 0.2) is 23.1 Å². The van der Waals surface area contributed by atoms with Gasteiger partial charge >= 0.3 is 0 Å². The van der Waals surface area contributed by atoms with Gasteiger partial charge in [-0.15, -0.1) is 0 Å². The third-order valence-corrected chi connectivity index (χ3v) is 3.52. The summed E-state index contributed by atoms with van der Waals surface area (Å²) in [6.45, 7) is 0.216. The van der Waals surface area contributed by atoms with Crippen molar-refractivity contribution in [3.8, 4) is 11.5 Å². The summed E-state index contributed by atoms with van der Waals surface area (Å²) in [7, 11) is 0. The second-order valence-corrected chi connectivity index (χ2v) is 5.15. The Morgan fingerprint density at radius 2 is 2.29 bits per heavy atom. The summed E-state index contributed by atoms with van der Waals surface area (Å²) in [6.07, 6.45) is 1.76. The molecule has 1 fully saturated rings. The summed E-state index contributed by atoms with van der Waals surface area (Å²) >= 11 is 6.17. The quantitative estimate of drug-likeness (QED) is 0.621. The Morgan fingerprint density at radius 1 is 1.41 bits per heavy atom. The van der Waals surface area contributed by atoms with E-state index in [1.807, 2.05) is 18.2 Å². The van der Waals surface area contributed by atoms with Crippen LogP contribution in [0.3, 0.4) is 0 Å². The summed E-state index contributed by atoms with van der Waals surface area (Å²) in [4.78, 5) is 12.1. The molecule has 1 amide bonds. The Kier molecular flexibility index (Phi) is 2.53. The number of carbonyl (C=O) groups excluding carboxylic acids is 1. The van der Waals surface area contributed by atoms with Crippen molar-refractivity contribution in [3.63, 3.8) is 0 Å². The number of thiocarbonyl (C=S) groups is 1. The fourth-order valence-electron chi connectivity index (χ4n) is 1.63. The van der Waals surface area contributed by atoms with E-state index in [0.29, 0.717) is 20.7 Å². The van der Waals surface area contributed by atoms with Gasteiger partial charge in [0.2, 0.25) is 6.79 Å². The summed E-state index contributed by atoms with van der Waals surface area (Å²) in [5.74, 6) is 1.20. The first-order chi connectivity index (χ1) is 8.24. The Balaban J connectivity index is 2.01. The van der Waals surface area contributed by atoms with Crippen molar-refractivity contribution in [1.82, 2.24) is 5.32 Å². The van der Waals surface area contributed by atoms with E-state index < -0.39 is 0 Å². The van der Waals surface area contributed by atoms with Crippen LogP contribution in [0.2, 0.25) is 0 Å². The van der Waals surface area contributed by atoms with Gasteiger partial charge in [-0.3, -0.25) is 4.79 Å². The van der Waals surface area contributed by atoms with E-state index in [-0.39, 0.29) is 12.7 Å². The number of hydrogen-bond donors (Lipinski definition) is 1. The van der Waals surface area contributed by atoms with Crippen LogP contribution >= 0.6 is 24.0 Å². The van der Waals surface area contributed by atoms with Crippen molar-refractivity contribution >= 4 is 40.3 Å². The van der Waals surface area contributed by atoms with Crippen LogP contribution in [0, 0.1) is 0 Å². The Morgan fingerprint density at radius 3 is 3.06 bits per heavy atom. The molecular weight excluding hydrogens is 258 g/mol. The standard InChI is InChI=1S/C11H7NO3S2/c13-10-8(17-11(16)12-10)4-6-2-1-3-7-9(6)15-5-14-7/h1-4H,5H2,(H,12,13,16). The molecule has 1 aromatic rings. The molecule has 2 aliphatic rings. The van der Waals surface area contributed by atoms with Gasteiger partial charge in [-0.25, -0.2) is 0 Å². The molecular formula is C11H7NO3S2. The summed E-state index contributed by atoms with van der Waals surface area (Å²) in [5, 5.41) is 2.57. The Bertz CT molecular complexity index is 554. The predicted molar refractivity (Wildman–Crippen MR) is 68.9 cm³/mol. The number of ether oxygens (including phenoxy) is 2. The van der Waals surface area contributed by atoms with Gasteiger partial charge in [0.25, 0.3) is 5.91 Å². The van der Waals surface area contributed by atoms with Crippen LogP contribution in [0.25, 0.3) is 6.08 Å². The van der Waals surface area contributed by atoms with Crippen LogP contribution in [0.5, 0.6) is 11.5 Å². The average molecular weight is 265 g/mol. The van der Waals surface area contributed by atoms with Gasteiger partial charge < -0.3 is 14.8 Å². The Labute approximate surface area is 107 Å². The zero-order valence-corrected chi connectivity index (χ0v) is 10.2. The van der Waals surface area contributed by atoms with Crippen LogP contribution in [0.1, 0.15) is 5.56 Å². The molecule has 0 aromatic heterocycles. The highest BCUT2D eigenvalue weighted by Gasteiger charge is 2.24. The van der Waals surface area contributed by atoms with E-state index >= 15 is 0 Å². The highest BCUT2D eigenvalue weighted by Crippen LogP contribution is 2.38. The van der Waals surface area contributed by atoms with Crippen molar-refractivity contribution in [1.29, 1.82) is 0 Å². The minimum atomic E-state index is -0.170. The molecule has 1 aromatic carbocycles. The molecule has 1 saturated heterocycles. The SMILES string of the molecule is O=C1NC(=S)SC1=Cc1cccc2c1OCO2. The number of rotatable bonds is 1. The number of hydrogen-bond acceptors (Lipinski definition) is 5. The van der Waals surface area contributed by atoms with Crippen molar-refractivity contribution in [3.05, 3.63) is 28.7 Å².